The number of para-hydroxylation sites is 1. The molecule has 1 unspecified atom stereocenters. The Hall–Kier alpha value is -3.28. The molecule has 1 atom stereocenters. The lowest BCUT2D eigenvalue weighted by Crippen LogP contribution is -2.32. The Morgan fingerprint density at radius 2 is 1.76 bits per heavy atom. The molecule has 6 nitrogen and oxygen atoms in total. The van der Waals surface area contributed by atoms with Crippen molar-refractivity contribution in [2.75, 3.05) is 5.32 Å². The first-order valence-corrected chi connectivity index (χ1v) is 10.1. The van der Waals surface area contributed by atoms with Gasteiger partial charge in [-0.3, -0.25) is 4.79 Å². The van der Waals surface area contributed by atoms with Crippen molar-refractivity contribution < 1.29 is 14.0 Å². The molecule has 1 aliphatic rings. The van der Waals surface area contributed by atoms with Gasteiger partial charge in [-0.25, -0.2) is 4.79 Å². The molecule has 0 radical (unpaired) electrons. The third kappa shape index (κ3) is 4.59. The molecule has 6 heteroatoms. The standard InChI is InChI=1S/C23H25N3O3/c1-15(21-14-17-6-2-5-9-20(17)29-21)24-23(28)26-19-12-10-16(11-13-19)22(27)25-18-7-3-4-8-18/h2,5-6,9-15,18H,3-4,7-8H2,1H3,(H,25,27)(H2,24,26,28). The molecule has 1 aromatic heterocycles. The fourth-order valence-electron chi connectivity index (χ4n) is 3.69. The molecule has 29 heavy (non-hydrogen) atoms. The molecule has 0 bridgehead atoms. The molecule has 4 rings (SSSR count). The smallest absolute Gasteiger partial charge is 0.319 e. The van der Waals surface area contributed by atoms with E-state index in [9.17, 15) is 9.59 Å². The van der Waals surface area contributed by atoms with Gasteiger partial charge >= 0.3 is 6.03 Å². The van der Waals surface area contributed by atoms with Crippen molar-refractivity contribution in [2.24, 2.45) is 0 Å². The van der Waals surface area contributed by atoms with E-state index in [0.29, 0.717) is 17.0 Å². The van der Waals surface area contributed by atoms with Crippen LogP contribution in [-0.2, 0) is 0 Å². The number of furan rings is 1. The molecule has 3 aromatic rings. The number of hydrogen-bond donors (Lipinski definition) is 3. The zero-order chi connectivity index (χ0) is 20.2. The van der Waals surface area contributed by atoms with Gasteiger partial charge in [-0.2, -0.15) is 0 Å². The molecule has 0 spiro atoms. The first kappa shape index (κ1) is 19.1. The minimum absolute atomic E-state index is 0.0635. The van der Waals surface area contributed by atoms with Crippen LogP contribution < -0.4 is 16.0 Å². The van der Waals surface area contributed by atoms with E-state index in [-0.39, 0.29) is 24.0 Å². The number of fused-ring (bicyclic) bond motifs is 1. The van der Waals surface area contributed by atoms with Gasteiger partial charge in [0, 0.05) is 22.7 Å². The van der Waals surface area contributed by atoms with Crippen LogP contribution in [0.2, 0.25) is 0 Å². The van der Waals surface area contributed by atoms with Crippen LogP contribution in [0.15, 0.2) is 59.0 Å². The van der Waals surface area contributed by atoms with Crippen molar-refractivity contribution in [3.63, 3.8) is 0 Å². The maximum Gasteiger partial charge on any atom is 0.319 e. The van der Waals surface area contributed by atoms with E-state index in [2.05, 4.69) is 16.0 Å². The van der Waals surface area contributed by atoms with Crippen LogP contribution in [0.3, 0.4) is 0 Å². The zero-order valence-corrected chi connectivity index (χ0v) is 16.4. The number of nitrogens with one attached hydrogen (secondary N) is 3. The Morgan fingerprint density at radius 1 is 1.03 bits per heavy atom. The van der Waals surface area contributed by atoms with Crippen molar-refractivity contribution in [2.45, 2.75) is 44.7 Å². The number of rotatable bonds is 5. The van der Waals surface area contributed by atoms with Gasteiger partial charge in [0.2, 0.25) is 0 Å². The van der Waals surface area contributed by atoms with Gasteiger partial charge in [0.1, 0.15) is 11.3 Å². The van der Waals surface area contributed by atoms with Crippen LogP contribution in [0.25, 0.3) is 11.0 Å². The summed E-state index contributed by atoms with van der Waals surface area (Å²) in [5.74, 6) is 0.631. The van der Waals surface area contributed by atoms with Crippen molar-refractivity contribution in [1.29, 1.82) is 0 Å². The molecule has 3 amide bonds. The molecule has 150 valence electrons. The van der Waals surface area contributed by atoms with Crippen LogP contribution in [0.5, 0.6) is 0 Å². The lowest BCUT2D eigenvalue weighted by Gasteiger charge is -2.14. The average molecular weight is 391 g/mol. The lowest BCUT2D eigenvalue weighted by atomic mass is 10.1. The number of urea groups is 1. The highest BCUT2D eigenvalue weighted by atomic mass is 16.3. The van der Waals surface area contributed by atoms with Gasteiger partial charge in [0.15, 0.2) is 0 Å². The number of hydrogen-bond acceptors (Lipinski definition) is 3. The van der Waals surface area contributed by atoms with E-state index in [1.165, 1.54) is 12.8 Å². The van der Waals surface area contributed by atoms with Crippen LogP contribution in [0, 0.1) is 0 Å². The molecular weight excluding hydrogens is 366 g/mol. The van der Waals surface area contributed by atoms with Gasteiger partial charge in [-0.15, -0.1) is 0 Å². The van der Waals surface area contributed by atoms with Crippen LogP contribution in [0.4, 0.5) is 10.5 Å². The van der Waals surface area contributed by atoms with Crippen molar-refractivity contribution in [1.82, 2.24) is 10.6 Å². The quantitative estimate of drug-likeness (QED) is 0.573. The maximum absolute atomic E-state index is 12.3. The predicted molar refractivity (Wildman–Crippen MR) is 113 cm³/mol. The fraction of sp³-hybridized carbons (Fsp3) is 0.304. The Kier molecular flexibility index (Phi) is 5.51. The highest BCUT2D eigenvalue weighted by Crippen LogP contribution is 2.23. The molecule has 1 aliphatic carbocycles. The third-order valence-electron chi connectivity index (χ3n) is 5.31. The Labute approximate surface area is 169 Å². The second-order valence-corrected chi connectivity index (χ2v) is 7.54. The number of benzene rings is 2. The number of amides is 3. The summed E-state index contributed by atoms with van der Waals surface area (Å²) in [5.41, 5.74) is 2.01. The predicted octanol–water partition coefficient (Wildman–Crippen LogP) is 4.99. The molecular formula is C23H25N3O3. The minimum atomic E-state index is -0.332. The topological polar surface area (TPSA) is 83.4 Å². The van der Waals surface area contributed by atoms with Gasteiger partial charge in [-0.1, -0.05) is 31.0 Å². The minimum Gasteiger partial charge on any atom is -0.459 e. The normalized spacial score (nSPS) is 15.2. The summed E-state index contributed by atoms with van der Waals surface area (Å²) in [7, 11) is 0. The first-order chi connectivity index (χ1) is 14.1. The highest BCUT2D eigenvalue weighted by Gasteiger charge is 2.18. The van der Waals surface area contributed by atoms with Crippen molar-refractivity contribution in [3.05, 3.63) is 65.9 Å². The first-order valence-electron chi connectivity index (χ1n) is 10.1. The molecule has 3 N–H and O–H groups in total. The van der Waals surface area contributed by atoms with Gasteiger partial charge in [-0.05, 0) is 56.2 Å². The second-order valence-electron chi connectivity index (χ2n) is 7.54. The van der Waals surface area contributed by atoms with Crippen LogP contribution >= 0.6 is 0 Å². The zero-order valence-electron chi connectivity index (χ0n) is 16.4. The summed E-state index contributed by atoms with van der Waals surface area (Å²) < 4.78 is 5.79. The van der Waals surface area contributed by atoms with E-state index < -0.39 is 0 Å². The largest absolute Gasteiger partial charge is 0.459 e. The molecule has 1 saturated carbocycles. The van der Waals surface area contributed by atoms with Crippen molar-refractivity contribution >= 4 is 28.6 Å². The van der Waals surface area contributed by atoms with Gasteiger partial charge < -0.3 is 20.4 Å². The van der Waals surface area contributed by atoms with E-state index in [1.54, 1.807) is 24.3 Å². The summed E-state index contributed by atoms with van der Waals surface area (Å²) in [6.45, 7) is 1.87. The van der Waals surface area contributed by atoms with Crippen LogP contribution in [-0.4, -0.2) is 18.0 Å². The van der Waals surface area contributed by atoms with E-state index in [1.807, 2.05) is 37.3 Å². The van der Waals surface area contributed by atoms with Crippen molar-refractivity contribution in [3.8, 4) is 0 Å². The second kappa shape index (κ2) is 8.39. The lowest BCUT2D eigenvalue weighted by molar-refractivity contribution is 0.0938. The van der Waals surface area contributed by atoms with Gasteiger partial charge in [0.05, 0.1) is 6.04 Å². The monoisotopic (exact) mass is 391 g/mol. The highest BCUT2D eigenvalue weighted by molar-refractivity contribution is 5.95. The molecule has 1 heterocycles. The Bertz CT molecular complexity index is 971. The summed E-state index contributed by atoms with van der Waals surface area (Å²) in [5, 5.41) is 9.72. The average Bonchev–Trinajstić information content (AvgIpc) is 3.37. The SMILES string of the molecule is CC(NC(=O)Nc1ccc(C(=O)NC2CCCC2)cc1)c1cc2ccccc2o1. The Balaban J connectivity index is 1.32. The molecule has 2 aromatic carbocycles. The summed E-state index contributed by atoms with van der Waals surface area (Å²) >= 11 is 0. The number of anilines is 1. The fourth-order valence-corrected chi connectivity index (χ4v) is 3.69. The summed E-state index contributed by atoms with van der Waals surface area (Å²) in [6.07, 6.45) is 4.45. The summed E-state index contributed by atoms with van der Waals surface area (Å²) in [4.78, 5) is 24.6. The summed E-state index contributed by atoms with van der Waals surface area (Å²) in [6, 6.07) is 16.2. The maximum atomic E-state index is 12.3. The molecule has 0 aliphatic heterocycles. The van der Waals surface area contributed by atoms with E-state index in [4.69, 9.17) is 4.42 Å². The van der Waals surface area contributed by atoms with Gasteiger partial charge in [0.25, 0.3) is 5.91 Å². The van der Waals surface area contributed by atoms with E-state index in [0.717, 1.165) is 23.8 Å². The third-order valence-corrected chi connectivity index (χ3v) is 5.31. The number of carbonyl (C=O) groups excluding carboxylic acids is 2. The Morgan fingerprint density at radius 3 is 2.48 bits per heavy atom. The number of carbonyl (C=O) groups is 2. The molecule has 0 saturated heterocycles. The van der Waals surface area contributed by atoms with Crippen LogP contribution in [0.1, 0.15) is 54.8 Å². The molecule has 1 fully saturated rings. The van der Waals surface area contributed by atoms with E-state index >= 15 is 0 Å².